The third-order valence-corrected chi connectivity index (χ3v) is 4.40. The third kappa shape index (κ3) is 2.00. The monoisotopic (exact) mass is 218 g/mol. The number of ketones is 1. The van der Waals surface area contributed by atoms with E-state index in [1.807, 2.05) is 6.08 Å². The van der Waals surface area contributed by atoms with Crippen molar-refractivity contribution in [2.24, 2.45) is 17.8 Å². The van der Waals surface area contributed by atoms with Crippen LogP contribution in [0.1, 0.15) is 47.0 Å². The number of carbonyl (C=O) groups is 1. The minimum atomic E-state index is 0.332. The second-order valence-corrected chi connectivity index (χ2v) is 5.82. The third-order valence-electron chi connectivity index (χ3n) is 4.40. The molecule has 0 amide bonds. The maximum Gasteiger partial charge on any atom is 0.155 e. The molecule has 0 unspecified atom stereocenters. The van der Waals surface area contributed by atoms with Crippen LogP contribution in [0.25, 0.3) is 0 Å². The number of allylic oxidation sites excluding steroid dienone is 4. The van der Waals surface area contributed by atoms with Gasteiger partial charge in [0.15, 0.2) is 5.78 Å². The minimum Gasteiger partial charge on any atom is -0.295 e. The highest BCUT2D eigenvalue weighted by molar-refractivity contribution is 5.90. The first-order valence-corrected chi connectivity index (χ1v) is 6.35. The van der Waals surface area contributed by atoms with Gasteiger partial charge in [-0.3, -0.25) is 4.79 Å². The Morgan fingerprint density at radius 1 is 1.25 bits per heavy atom. The SMILES string of the molecule is CC1=CC(=O)C[C@H](C)[C@H]2CC(=C(C)C)C[C@H]12. The zero-order chi connectivity index (χ0) is 11.9. The Morgan fingerprint density at radius 3 is 2.56 bits per heavy atom. The minimum absolute atomic E-state index is 0.332. The lowest BCUT2D eigenvalue weighted by atomic mass is 9.82. The lowest BCUT2D eigenvalue weighted by molar-refractivity contribution is -0.115. The van der Waals surface area contributed by atoms with Gasteiger partial charge in [0.2, 0.25) is 0 Å². The van der Waals surface area contributed by atoms with E-state index in [1.54, 1.807) is 5.57 Å². The van der Waals surface area contributed by atoms with E-state index in [0.717, 1.165) is 6.42 Å². The lowest BCUT2D eigenvalue weighted by Gasteiger charge is -2.22. The Labute approximate surface area is 98.6 Å². The number of rotatable bonds is 0. The molecule has 3 atom stereocenters. The van der Waals surface area contributed by atoms with Crippen LogP contribution in [-0.2, 0) is 4.79 Å². The Hall–Kier alpha value is -0.850. The van der Waals surface area contributed by atoms with Crippen LogP contribution < -0.4 is 0 Å². The maximum absolute atomic E-state index is 11.7. The molecule has 0 aliphatic heterocycles. The van der Waals surface area contributed by atoms with Gasteiger partial charge in [-0.15, -0.1) is 0 Å². The topological polar surface area (TPSA) is 17.1 Å². The highest BCUT2D eigenvalue weighted by Gasteiger charge is 2.37. The van der Waals surface area contributed by atoms with Crippen LogP contribution >= 0.6 is 0 Å². The molecular formula is C15H22O. The molecule has 0 bridgehead atoms. The summed E-state index contributed by atoms with van der Waals surface area (Å²) in [6.07, 6.45) is 5.04. The van der Waals surface area contributed by atoms with Gasteiger partial charge in [-0.2, -0.15) is 0 Å². The fourth-order valence-corrected chi connectivity index (χ4v) is 3.32. The van der Waals surface area contributed by atoms with Gasteiger partial charge in [-0.25, -0.2) is 0 Å². The molecule has 0 aromatic rings. The van der Waals surface area contributed by atoms with Crippen LogP contribution in [0.5, 0.6) is 0 Å². The molecule has 0 N–H and O–H groups in total. The summed E-state index contributed by atoms with van der Waals surface area (Å²) in [6.45, 7) is 8.82. The summed E-state index contributed by atoms with van der Waals surface area (Å²) in [7, 11) is 0. The largest absolute Gasteiger partial charge is 0.295 e. The zero-order valence-electron chi connectivity index (χ0n) is 10.8. The first kappa shape index (κ1) is 11.6. The van der Waals surface area contributed by atoms with Gasteiger partial charge in [0.05, 0.1) is 0 Å². The van der Waals surface area contributed by atoms with Crippen molar-refractivity contribution in [3.05, 3.63) is 22.8 Å². The quantitative estimate of drug-likeness (QED) is 0.563. The Kier molecular flexibility index (Phi) is 3.05. The molecular weight excluding hydrogens is 196 g/mol. The zero-order valence-corrected chi connectivity index (χ0v) is 10.8. The molecule has 88 valence electrons. The molecule has 1 nitrogen and oxygen atoms in total. The molecule has 0 saturated heterocycles. The summed E-state index contributed by atoms with van der Waals surface area (Å²) in [4.78, 5) is 11.7. The van der Waals surface area contributed by atoms with Crippen LogP contribution in [-0.4, -0.2) is 5.78 Å². The van der Waals surface area contributed by atoms with Crippen molar-refractivity contribution in [1.29, 1.82) is 0 Å². The van der Waals surface area contributed by atoms with E-state index in [0.29, 0.717) is 23.5 Å². The number of fused-ring (bicyclic) bond motifs is 1. The van der Waals surface area contributed by atoms with Crippen molar-refractivity contribution in [3.8, 4) is 0 Å². The van der Waals surface area contributed by atoms with E-state index >= 15 is 0 Å². The van der Waals surface area contributed by atoms with Crippen LogP contribution in [0.2, 0.25) is 0 Å². The molecule has 0 radical (unpaired) electrons. The lowest BCUT2D eigenvalue weighted by Crippen LogP contribution is -2.16. The van der Waals surface area contributed by atoms with Crippen LogP contribution in [0, 0.1) is 17.8 Å². The Morgan fingerprint density at radius 2 is 1.94 bits per heavy atom. The van der Waals surface area contributed by atoms with Gasteiger partial charge in [0, 0.05) is 6.42 Å². The molecule has 0 aromatic carbocycles. The number of hydrogen-bond donors (Lipinski definition) is 0. The van der Waals surface area contributed by atoms with Crippen LogP contribution in [0.3, 0.4) is 0 Å². The smallest absolute Gasteiger partial charge is 0.155 e. The van der Waals surface area contributed by atoms with E-state index < -0.39 is 0 Å². The summed E-state index contributed by atoms with van der Waals surface area (Å²) in [6, 6.07) is 0. The summed E-state index contributed by atoms with van der Waals surface area (Å²) in [5.41, 5.74) is 4.43. The van der Waals surface area contributed by atoms with E-state index in [-0.39, 0.29) is 0 Å². The van der Waals surface area contributed by atoms with Crippen LogP contribution in [0.15, 0.2) is 22.8 Å². The summed E-state index contributed by atoms with van der Waals surface area (Å²) < 4.78 is 0. The Balaban J connectivity index is 2.32. The molecule has 2 rings (SSSR count). The fraction of sp³-hybridized carbons (Fsp3) is 0.667. The predicted octanol–water partition coefficient (Wildman–Crippen LogP) is 3.90. The molecule has 16 heavy (non-hydrogen) atoms. The van der Waals surface area contributed by atoms with E-state index in [4.69, 9.17) is 0 Å². The first-order valence-electron chi connectivity index (χ1n) is 6.35. The predicted molar refractivity (Wildman–Crippen MR) is 67.1 cm³/mol. The average molecular weight is 218 g/mol. The molecule has 0 heterocycles. The molecule has 2 aliphatic rings. The van der Waals surface area contributed by atoms with E-state index in [2.05, 4.69) is 27.7 Å². The van der Waals surface area contributed by atoms with Crippen molar-refractivity contribution in [3.63, 3.8) is 0 Å². The summed E-state index contributed by atoms with van der Waals surface area (Å²) in [5, 5.41) is 0. The van der Waals surface area contributed by atoms with Crippen LogP contribution in [0.4, 0.5) is 0 Å². The molecule has 1 fully saturated rings. The van der Waals surface area contributed by atoms with E-state index in [9.17, 15) is 4.79 Å². The van der Waals surface area contributed by atoms with Crippen molar-refractivity contribution in [2.75, 3.05) is 0 Å². The van der Waals surface area contributed by atoms with Gasteiger partial charge < -0.3 is 0 Å². The Bertz CT molecular complexity index is 369. The second kappa shape index (κ2) is 4.20. The van der Waals surface area contributed by atoms with Crippen molar-refractivity contribution < 1.29 is 4.79 Å². The van der Waals surface area contributed by atoms with Gasteiger partial charge in [0.1, 0.15) is 0 Å². The second-order valence-electron chi connectivity index (χ2n) is 5.82. The van der Waals surface area contributed by atoms with Crippen molar-refractivity contribution in [2.45, 2.75) is 47.0 Å². The maximum atomic E-state index is 11.7. The van der Waals surface area contributed by atoms with Gasteiger partial charge in [0.25, 0.3) is 0 Å². The normalized spacial score (nSPS) is 34.5. The average Bonchev–Trinajstić information content (AvgIpc) is 2.57. The molecule has 0 spiro atoms. The van der Waals surface area contributed by atoms with Gasteiger partial charge >= 0.3 is 0 Å². The molecule has 1 heteroatoms. The molecule has 2 aliphatic carbocycles. The van der Waals surface area contributed by atoms with Crippen molar-refractivity contribution in [1.82, 2.24) is 0 Å². The van der Waals surface area contributed by atoms with E-state index in [1.165, 1.54) is 24.0 Å². The molecule has 1 saturated carbocycles. The van der Waals surface area contributed by atoms with Gasteiger partial charge in [-0.05, 0) is 57.4 Å². The van der Waals surface area contributed by atoms with Crippen molar-refractivity contribution >= 4 is 5.78 Å². The highest BCUT2D eigenvalue weighted by Crippen LogP contribution is 2.47. The molecule has 0 aromatic heterocycles. The highest BCUT2D eigenvalue weighted by atomic mass is 16.1. The van der Waals surface area contributed by atoms with Gasteiger partial charge in [-0.1, -0.05) is 23.6 Å². The first-order chi connectivity index (χ1) is 7.49. The summed E-state index contributed by atoms with van der Waals surface area (Å²) in [5.74, 6) is 2.21. The fourth-order valence-electron chi connectivity index (χ4n) is 3.32. The summed E-state index contributed by atoms with van der Waals surface area (Å²) >= 11 is 0. The number of hydrogen-bond acceptors (Lipinski definition) is 1. The number of carbonyl (C=O) groups excluding carboxylic acids is 1. The standard InChI is InChI=1S/C15H22O/c1-9(2)12-7-14-10(3)5-13(16)6-11(4)15(14)8-12/h5,11,14-15H,6-8H2,1-4H3/t11-,14+,15+/m0/s1.